The minimum atomic E-state index is 0. The molecule has 1 aliphatic rings. The third kappa shape index (κ3) is 4.53. The van der Waals surface area contributed by atoms with Gasteiger partial charge in [-0.2, -0.15) is 0 Å². The molecule has 0 aliphatic carbocycles. The third-order valence-corrected chi connectivity index (χ3v) is 3.60. The monoisotopic (exact) mass is 376 g/mol. The molecule has 0 fully saturated rings. The van der Waals surface area contributed by atoms with Gasteiger partial charge >= 0.3 is 0 Å². The fraction of sp³-hybridized carbons (Fsp3) is 0.600. The number of hydrogen-bond acceptors (Lipinski definition) is 3. The largest absolute Gasteiger partial charge is 0.396 e. The first-order valence-corrected chi connectivity index (χ1v) is 6.99. The summed E-state index contributed by atoms with van der Waals surface area (Å²) in [6.45, 7) is 2.49. The number of fused-ring (bicyclic) bond motifs is 1. The molecule has 0 bridgehead atoms. The molecule has 0 aromatic heterocycles. The Labute approximate surface area is 133 Å². The fourth-order valence-corrected chi connectivity index (χ4v) is 2.60. The second-order valence-corrected chi connectivity index (χ2v) is 5.08. The van der Waals surface area contributed by atoms with E-state index in [0.29, 0.717) is 6.61 Å². The number of nitrogens with zero attached hydrogens (tertiary/aromatic N) is 2. The fourth-order valence-electron chi connectivity index (χ4n) is 2.60. The summed E-state index contributed by atoms with van der Waals surface area (Å²) in [4.78, 5) is 4.77. The van der Waals surface area contributed by atoms with E-state index in [-0.39, 0.29) is 24.0 Å². The van der Waals surface area contributed by atoms with Crippen LogP contribution in [0.15, 0.2) is 24.3 Å². The quantitative estimate of drug-likeness (QED) is 0.583. The molecule has 1 aliphatic heterocycles. The highest BCUT2D eigenvalue weighted by Gasteiger charge is 2.21. The van der Waals surface area contributed by atoms with E-state index in [1.54, 1.807) is 0 Å². The highest BCUT2D eigenvalue weighted by molar-refractivity contribution is 14.0. The maximum absolute atomic E-state index is 8.72. The number of halogens is 1. The van der Waals surface area contributed by atoms with Gasteiger partial charge in [0.15, 0.2) is 0 Å². The molecule has 4 heteroatoms. The Bertz CT molecular complexity index is 373. The number of aliphatic hydroxyl groups is 1. The van der Waals surface area contributed by atoms with Gasteiger partial charge in [0, 0.05) is 20.2 Å². The SMILES string of the molecule is CN1CN(CCCCCCCO)c2ccccc21.I. The van der Waals surface area contributed by atoms with Gasteiger partial charge in [-0.1, -0.05) is 31.4 Å². The summed E-state index contributed by atoms with van der Waals surface area (Å²) in [5, 5.41) is 8.72. The molecule has 108 valence electrons. The van der Waals surface area contributed by atoms with Crippen LogP contribution in [-0.2, 0) is 0 Å². The molecule has 1 N–H and O–H groups in total. The Morgan fingerprint density at radius 1 is 1.00 bits per heavy atom. The molecule has 2 rings (SSSR count). The summed E-state index contributed by atoms with van der Waals surface area (Å²) >= 11 is 0. The molecular formula is C15H25IN2O. The van der Waals surface area contributed by atoms with Gasteiger partial charge in [0.25, 0.3) is 0 Å². The Balaban J connectivity index is 0.00000180. The first kappa shape index (κ1) is 16.6. The molecule has 3 nitrogen and oxygen atoms in total. The van der Waals surface area contributed by atoms with Gasteiger partial charge in [0.05, 0.1) is 18.0 Å². The lowest BCUT2D eigenvalue weighted by atomic mass is 10.1. The summed E-state index contributed by atoms with van der Waals surface area (Å²) in [5.41, 5.74) is 2.72. The first-order valence-electron chi connectivity index (χ1n) is 6.99. The van der Waals surface area contributed by atoms with Gasteiger partial charge in [0.2, 0.25) is 0 Å². The third-order valence-electron chi connectivity index (χ3n) is 3.60. The maximum atomic E-state index is 8.72. The Hall–Kier alpha value is -0.490. The van der Waals surface area contributed by atoms with Crippen LogP contribution in [0.1, 0.15) is 32.1 Å². The molecule has 0 spiro atoms. The zero-order valence-electron chi connectivity index (χ0n) is 11.7. The van der Waals surface area contributed by atoms with Gasteiger partial charge in [-0.25, -0.2) is 0 Å². The topological polar surface area (TPSA) is 26.7 Å². The van der Waals surface area contributed by atoms with Crippen LogP contribution in [0.2, 0.25) is 0 Å². The molecule has 1 aromatic rings. The Kier molecular flexibility index (Phi) is 7.53. The highest BCUT2D eigenvalue weighted by atomic mass is 127. The van der Waals surface area contributed by atoms with Crippen molar-refractivity contribution in [2.75, 3.05) is 36.7 Å². The first-order chi connectivity index (χ1) is 8.83. The minimum absolute atomic E-state index is 0. The van der Waals surface area contributed by atoms with Gasteiger partial charge in [0.1, 0.15) is 0 Å². The van der Waals surface area contributed by atoms with Gasteiger partial charge in [-0.3, -0.25) is 0 Å². The number of para-hydroxylation sites is 2. The summed E-state index contributed by atoms with van der Waals surface area (Å²) in [6.07, 6.45) is 5.87. The van der Waals surface area contributed by atoms with Crippen LogP contribution in [0, 0.1) is 0 Å². The minimum Gasteiger partial charge on any atom is -0.396 e. The van der Waals surface area contributed by atoms with E-state index in [1.165, 1.54) is 30.6 Å². The number of anilines is 2. The van der Waals surface area contributed by atoms with E-state index < -0.39 is 0 Å². The molecule has 0 atom stereocenters. The summed E-state index contributed by atoms with van der Waals surface area (Å²) in [7, 11) is 2.15. The lowest BCUT2D eigenvalue weighted by Gasteiger charge is -2.19. The van der Waals surface area contributed by atoms with Crippen LogP contribution >= 0.6 is 24.0 Å². The molecule has 19 heavy (non-hydrogen) atoms. The van der Waals surface area contributed by atoms with Gasteiger partial charge in [-0.05, 0) is 25.0 Å². The van der Waals surface area contributed by atoms with E-state index >= 15 is 0 Å². The Morgan fingerprint density at radius 2 is 1.63 bits per heavy atom. The summed E-state index contributed by atoms with van der Waals surface area (Å²) in [5.74, 6) is 0. The molecular weight excluding hydrogens is 351 g/mol. The van der Waals surface area contributed by atoms with Crippen LogP contribution < -0.4 is 9.80 Å². The van der Waals surface area contributed by atoms with Crippen molar-refractivity contribution in [1.29, 1.82) is 0 Å². The average molecular weight is 376 g/mol. The van der Waals surface area contributed by atoms with Crippen molar-refractivity contribution in [1.82, 2.24) is 0 Å². The number of hydrogen-bond donors (Lipinski definition) is 1. The van der Waals surface area contributed by atoms with Gasteiger partial charge < -0.3 is 14.9 Å². The molecule has 0 unspecified atom stereocenters. The molecule has 0 amide bonds. The molecule has 0 saturated heterocycles. The highest BCUT2D eigenvalue weighted by Crippen LogP contribution is 2.34. The molecule has 1 aromatic carbocycles. The van der Waals surface area contributed by atoms with Crippen LogP contribution in [0.5, 0.6) is 0 Å². The zero-order valence-corrected chi connectivity index (χ0v) is 14.0. The lowest BCUT2D eigenvalue weighted by molar-refractivity contribution is 0.282. The van der Waals surface area contributed by atoms with Crippen molar-refractivity contribution in [3.05, 3.63) is 24.3 Å². The van der Waals surface area contributed by atoms with Crippen LogP contribution in [0.3, 0.4) is 0 Å². The lowest BCUT2D eigenvalue weighted by Crippen LogP contribution is -2.28. The Morgan fingerprint density at radius 3 is 2.37 bits per heavy atom. The zero-order chi connectivity index (χ0) is 12.8. The molecule has 0 saturated carbocycles. The summed E-state index contributed by atoms with van der Waals surface area (Å²) < 4.78 is 0. The van der Waals surface area contributed by atoms with E-state index in [9.17, 15) is 0 Å². The number of unbranched alkanes of at least 4 members (excludes halogenated alkanes) is 4. The number of benzene rings is 1. The van der Waals surface area contributed by atoms with Crippen LogP contribution in [0.4, 0.5) is 11.4 Å². The smallest absolute Gasteiger partial charge is 0.0901 e. The predicted octanol–water partition coefficient (Wildman–Crippen LogP) is 3.46. The van der Waals surface area contributed by atoms with Crippen molar-refractivity contribution in [2.24, 2.45) is 0 Å². The molecule has 1 heterocycles. The van der Waals surface area contributed by atoms with Crippen molar-refractivity contribution in [3.8, 4) is 0 Å². The summed E-state index contributed by atoms with van der Waals surface area (Å²) in [6, 6.07) is 8.63. The van der Waals surface area contributed by atoms with Crippen molar-refractivity contribution in [3.63, 3.8) is 0 Å². The second kappa shape index (κ2) is 8.64. The van der Waals surface area contributed by atoms with E-state index in [2.05, 4.69) is 41.1 Å². The van der Waals surface area contributed by atoms with Crippen molar-refractivity contribution in [2.45, 2.75) is 32.1 Å². The van der Waals surface area contributed by atoms with Crippen molar-refractivity contribution < 1.29 is 5.11 Å². The number of aliphatic hydroxyl groups excluding tert-OH is 1. The van der Waals surface area contributed by atoms with Crippen LogP contribution in [-0.4, -0.2) is 32.0 Å². The number of rotatable bonds is 7. The standard InChI is InChI=1S/C15H24N2O.HI/c1-16-13-17(11-7-3-2-4-8-12-18)15-10-6-5-9-14(15)16;/h5-6,9-10,18H,2-4,7-8,11-13H2,1H3;1H. The van der Waals surface area contributed by atoms with Crippen LogP contribution in [0.25, 0.3) is 0 Å². The predicted molar refractivity (Wildman–Crippen MR) is 92.6 cm³/mol. The van der Waals surface area contributed by atoms with E-state index in [4.69, 9.17) is 5.11 Å². The van der Waals surface area contributed by atoms with E-state index in [0.717, 1.165) is 26.1 Å². The molecule has 0 radical (unpaired) electrons. The second-order valence-electron chi connectivity index (χ2n) is 5.08. The normalized spacial score (nSPS) is 13.4. The maximum Gasteiger partial charge on any atom is 0.0901 e. The van der Waals surface area contributed by atoms with Gasteiger partial charge in [-0.15, -0.1) is 24.0 Å². The van der Waals surface area contributed by atoms with Crippen molar-refractivity contribution >= 4 is 35.4 Å². The van der Waals surface area contributed by atoms with E-state index in [1.807, 2.05) is 0 Å². The average Bonchev–Trinajstić information content (AvgIpc) is 2.71.